The molecule has 1 aromatic heterocycles. The van der Waals surface area contributed by atoms with Crippen LogP contribution in [0.5, 0.6) is 0 Å². The van der Waals surface area contributed by atoms with E-state index in [4.69, 9.17) is 4.42 Å². The summed E-state index contributed by atoms with van der Waals surface area (Å²) < 4.78 is 5.57. The molecule has 1 aliphatic rings. The van der Waals surface area contributed by atoms with Crippen LogP contribution in [-0.4, -0.2) is 29.0 Å². The van der Waals surface area contributed by atoms with Gasteiger partial charge in [0.15, 0.2) is 0 Å². The third-order valence-corrected chi connectivity index (χ3v) is 5.07. The summed E-state index contributed by atoms with van der Waals surface area (Å²) in [5.74, 6) is 0.778. The highest BCUT2D eigenvalue weighted by atomic mass is 16.3. The lowest BCUT2D eigenvalue weighted by Gasteiger charge is -2.25. The fourth-order valence-electron chi connectivity index (χ4n) is 3.77. The van der Waals surface area contributed by atoms with Crippen LogP contribution in [-0.2, 0) is 5.60 Å². The van der Waals surface area contributed by atoms with E-state index in [0.717, 1.165) is 27.9 Å². The lowest BCUT2D eigenvalue weighted by atomic mass is 9.89. The number of amides is 1. The van der Waals surface area contributed by atoms with Crippen molar-refractivity contribution in [3.63, 3.8) is 0 Å². The van der Waals surface area contributed by atoms with Crippen molar-refractivity contribution in [2.75, 3.05) is 13.1 Å². The predicted molar refractivity (Wildman–Crippen MR) is 96.5 cm³/mol. The Hall–Kier alpha value is -2.59. The quantitative estimate of drug-likeness (QED) is 0.775. The van der Waals surface area contributed by atoms with E-state index in [-0.39, 0.29) is 5.91 Å². The minimum atomic E-state index is -0.975. The smallest absolute Gasteiger partial charge is 0.253 e. The average molecular weight is 335 g/mol. The summed E-state index contributed by atoms with van der Waals surface area (Å²) in [7, 11) is 0. The van der Waals surface area contributed by atoms with Crippen molar-refractivity contribution in [3.05, 3.63) is 71.0 Å². The Morgan fingerprint density at radius 2 is 1.96 bits per heavy atom. The first-order valence-corrected chi connectivity index (χ1v) is 8.54. The van der Waals surface area contributed by atoms with E-state index < -0.39 is 5.60 Å². The number of carbonyl (C=O) groups excluding carboxylic acids is 1. The number of nitrogens with zero attached hydrogens (tertiary/aromatic N) is 1. The molecule has 4 nitrogen and oxygen atoms in total. The molecule has 1 aliphatic heterocycles. The van der Waals surface area contributed by atoms with E-state index in [1.807, 2.05) is 56.3 Å². The molecule has 0 aliphatic carbocycles. The molecule has 0 bridgehead atoms. The first-order chi connectivity index (χ1) is 12.0. The van der Waals surface area contributed by atoms with Gasteiger partial charge in [0.25, 0.3) is 5.91 Å². The van der Waals surface area contributed by atoms with E-state index in [0.29, 0.717) is 25.1 Å². The number of hydrogen-bond donors (Lipinski definition) is 1. The van der Waals surface area contributed by atoms with Gasteiger partial charge in [-0.2, -0.15) is 0 Å². The molecule has 1 fully saturated rings. The lowest BCUT2D eigenvalue weighted by Crippen LogP contribution is -2.34. The van der Waals surface area contributed by atoms with Crippen molar-refractivity contribution in [2.24, 2.45) is 0 Å². The molecule has 0 saturated carbocycles. The molecule has 1 saturated heterocycles. The summed E-state index contributed by atoms with van der Waals surface area (Å²) in [5, 5.41) is 12.0. The van der Waals surface area contributed by atoms with Gasteiger partial charge in [-0.05, 0) is 55.7 Å². The molecular weight excluding hydrogens is 314 g/mol. The minimum absolute atomic E-state index is 0.0507. The maximum absolute atomic E-state index is 12.9. The zero-order valence-corrected chi connectivity index (χ0v) is 14.5. The van der Waals surface area contributed by atoms with Crippen LogP contribution in [0, 0.1) is 13.8 Å². The van der Waals surface area contributed by atoms with E-state index in [9.17, 15) is 9.90 Å². The average Bonchev–Trinajstić information content (AvgIpc) is 3.16. The number of fused-ring (bicyclic) bond motifs is 1. The van der Waals surface area contributed by atoms with E-state index in [2.05, 4.69) is 0 Å². The highest BCUT2D eigenvalue weighted by Gasteiger charge is 2.40. The summed E-state index contributed by atoms with van der Waals surface area (Å²) in [6, 6.07) is 15.2. The van der Waals surface area contributed by atoms with Gasteiger partial charge in [0, 0.05) is 17.5 Å². The monoisotopic (exact) mass is 335 g/mol. The Kier molecular flexibility index (Phi) is 3.65. The van der Waals surface area contributed by atoms with Crippen LogP contribution in [0.25, 0.3) is 11.0 Å². The van der Waals surface area contributed by atoms with Gasteiger partial charge in [0.2, 0.25) is 0 Å². The summed E-state index contributed by atoms with van der Waals surface area (Å²) >= 11 is 0. The maximum atomic E-state index is 12.9. The van der Waals surface area contributed by atoms with Crippen molar-refractivity contribution < 1.29 is 14.3 Å². The first-order valence-electron chi connectivity index (χ1n) is 8.54. The second-order valence-corrected chi connectivity index (χ2v) is 6.93. The summed E-state index contributed by atoms with van der Waals surface area (Å²) in [4.78, 5) is 14.6. The van der Waals surface area contributed by atoms with Crippen LogP contribution in [0.4, 0.5) is 0 Å². The Morgan fingerprint density at radius 1 is 1.16 bits per heavy atom. The molecule has 3 aromatic rings. The van der Waals surface area contributed by atoms with Gasteiger partial charge in [-0.1, -0.05) is 24.3 Å². The lowest BCUT2D eigenvalue weighted by molar-refractivity contribution is 0.0412. The van der Waals surface area contributed by atoms with Crippen LogP contribution in [0.2, 0.25) is 0 Å². The number of benzene rings is 2. The Balaban J connectivity index is 1.60. The van der Waals surface area contributed by atoms with Gasteiger partial charge in [0.05, 0.1) is 6.54 Å². The van der Waals surface area contributed by atoms with E-state index in [1.54, 1.807) is 11.0 Å². The molecule has 0 radical (unpaired) electrons. The number of β-amino-alcohol motifs (C(OH)–C–C–N with tert-alkyl or cyclic N) is 1. The topological polar surface area (TPSA) is 53.7 Å². The van der Waals surface area contributed by atoms with Crippen molar-refractivity contribution in [2.45, 2.75) is 25.9 Å². The number of carbonyl (C=O) groups is 1. The Morgan fingerprint density at radius 3 is 2.76 bits per heavy atom. The van der Waals surface area contributed by atoms with E-state index in [1.165, 1.54) is 0 Å². The third kappa shape index (κ3) is 2.72. The largest absolute Gasteiger partial charge is 0.461 e. The molecule has 128 valence electrons. The normalized spacial score (nSPS) is 20.4. The molecule has 1 atom stereocenters. The fourth-order valence-corrected chi connectivity index (χ4v) is 3.77. The highest BCUT2D eigenvalue weighted by molar-refractivity contribution is 5.98. The molecule has 4 heteroatoms. The van der Waals surface area contributed by atoms with Crippen LogP contribution in [0.15, 0.2) is 52.9 Å². The molecule has 0 spiro atoms. The van der Waals surface area contributed by atoms with Crippen molar-refractivity contribution in [1.82, 2.24) is 4.90 Å². The Labute approximate surface area is 146 Å². The second kappa shape index (κ2) is 5.74. The predicted octanol–water partition coefficient (Wildman–Crippen LogP) is 3.78. The van der Waals surface area contributed by atoms with Gasteiger partial charge >= 0.3 is 0 Å². The van der Waals surface area contributed by atoms with Crippen LogP contribution in [0.3, 0.4) is 0 Å². The third-order valence-electron chi connectivity index (χ3n) is 5.07. The molecule has 1 N–H and O–H groups in total. The van der Waals surface area contributed by atoms with Gasteiger partial charge < -0.3 is 14.4 Å². The van der Waals surface area contributed by atoms with Crippen molar-refractivity contribution >= 4 is 16.9 Å². The molecule has 2 heterocycles. The molecule has 1 amide bonds. The number of furan rings is 1. The van der Waals surface area contributed by atoms with Gasteiger partial charge in [-0.3, -0.25) is 4.79 Å². The summed E-state index contributed by atoms with van der Waals surface area (Å²) in [6.07, 6.45) is 0.552. The summed E-state index contributed by atoms with van der Waals surface area (Å²) in [5.41, 5.74) is 2.40. The minimum Gasteiger partial charge on any atom is -0.461 e. The second-order valence-electron chi connectivity index (χ2n) is 6.93. The Bertz CT molecular complexity index is 959. The number of likely N-dealkylation sites (tertiary alicyclic amines) is 1. The zero-order chi connectivity index (χ0) is 17.6. The molecular formula is C21H21NO3. The van der Waals surface area contributed by atoms with E-state index >= 15 is 0 Å². The van der Waals surface area contributed by atoms with Crippen LogP contribution >= 0.6 is 0 Å². The number of rotatable bonds is 2. The highest BCUT2D eigenvalue weighted by Crippen LogP contribution is 2.34. The molecule has 4 rings (SSSR count). The molecule has 25 heavy (non-hydrogen) atoms. The molecule has 1 unspecified atom stereocenters. The van der Waals surface area contributed by atoms with Crippen LogP contribution < -0.4 is 0 Å². The number of aryl methyl sites for hydroxylation is 2. The van der Waals surface area contributed by atoms with Gasteiger partial charge in [0.1, 0.15) is 16.9 Å². The standard InChI is InChI=1S/C21H21NO3/c1-14-5-3-4-6-18(14)21(24)9-10-22(13-21)20(23)16-7-8-19-17(12-16)11-15(2)25-19/h3-8,11-12,24H,9-10,13H2,1-2H3. The SMILES string of the molecule is Cc1cc2cc(C(=O)N3CCC(O)(c4ccccc4C)C3)ccc2o1. The zero-order valence-electron chi connectivity index (χ0n) is 14.5. The maximum Gasteiger partial charge on any atom is 0.253 e. The fraction of sp³-hybridized carbons (Fsp3) is 0.286. The van der Waals surface area contributed by atoms with Gasteiger partial charge in [-0.15, -0.1) is 0 Å². The van der Waals surface area contributed by atoms with Crippen LogP contribution in [0.1, 0.15) is 33.7 Å². The number of aliphatic hydroxyl groups is 1. The number of hydrogen-bond acceptors (Lipinski definition) is 3. The van der Waals surface area contributed by atoms with Gasteiger partial charge in [-0.25, -0.2) is 0 Å². The summed E-state index contributed by atoms with van der Waals surface area (Å²) in [6.45, 7) is 4.75. The molecule has 2 aromatic carbocycles. The first kappa shape index (κ1) is 15.9. The van der Waals surface area contributed by atoms with Crippen molar-refractivity contribution in [1.29, 1.82) is 0 Å². The van der Waals surface area contributed by atoms with Crippen molar-refractivity contribution in [3.8, 4) is 0 Å².